The largest absolute Gasteiger partial charge is 0.465 e. The first-order chi connectivity index (χ1) is 8.78. The second kappa shape index (κ2) is 4.49. The van der Waals surface area contributed by atoms with E-state index in [2.05, 4.69) is 5.32 Å². The first-order valence-corrected chi connectivity index (χ1v) is 6.09. The minimum Gasteiger partial charge on any atom is -0.465 e. The van der Waals surface area contributed by atoms with Gasteiger partial charge in [-0.05, 0) is 36.6 Å². The molecule has 1 atom stereocenters. The predicted molar refractivity (Wildman–Crippen MR) is 63.5 cm³/mol. The predicted octanol–water partition coefficient (Wildman–Crippen LogP) is 0.993. The van der Waals surface area contributed by atoms with Crippen LogP contribution in [0.2, 0.25) is 0 Å². The second-order valence-corrected chi connectivity index (χ2v) is 4.36. The minimum absolute atomic E-state index is 0.194. The minimum atomic E-state index is -0.266. The van der Waals surface area contributed by atoms with Crippen LogP contribution in [0.3, 0.4) is 0 Å². The fourth-order valence-electron chi connectivity index (χ4n) is 2.32. The smallest absolute Gasteiger partial charge is 0.323 e. The van der Waals surface area contributed by atoms with E-state index >= 15 is 0 Å². The van der Waals surface area contributed by atoms with Crippen LogP contribution < -0.4 is 14.8 Å². The number of nitrogens with one attached hydrogen (secondary N) is 1. The lowest BCUT2D eigenvalue weighted by Gasteiger charge is -2.24. The van der Waals surface area contributed by atoms with E-state index in [0.717, 1.165) is 22.6 Å². The normalized spacial score (nSPS) is 20.4. The van der Waals surface area contributed by atoms with Crippen molar-refractivity contribution >= 4 is 5.97 Å². The van der Waals surface area contributed by atoms with E-state index in [9.17, 15) is 4.79 Å². The van der Waals surface area contributed by atoms with Gasteiger partial charge in [-0.2, -0.15) is 0 Å². The number of ether oxygens (including phenoxy) is 3. The molecule has 0 spiro atoms. The Labute approximate surface area is 105 Å². The quantitative estimate of drug-likeness (QED) is 0.792. The molecule has 1 aromatic rings. The molecule has 5 nitrogen and oxygen atoms in total. The van der Waals surface area contributed by atoms with Gasteiger partial charge in [0.25, 0.3) is 0 Å². The molecule has 3 rings (SSSR count). The number of esters is 1. The van der Waals surface area contributed by atoms with E-state index in [1.165, 1.54) is 0 Å². The van der Waals surface area contributed by atoms with Gasteiger partial charge in [0.1, 0.15) is 6.04 Å². The molecule has 1 aromatic carbocycles. The molecule has 2 aliphatic heterocycles. The van der Waals surface area contributed by atoms with E-state index in [1.807, 2.05) is 19.1 Å². The third-order valence-corrected chi connectivity index (χ3v) is 3.23. The van der Waals surface area contributed by atoms with E-state index in [1.54, 1.807) is 0 Å². The first kappa shape index (κ1) is 11.3. The maximum Gasteiger partial charge on any atom is 0.323 e. The van der Waals surface area contributed by atoms with Crippen molar-refractivity contribution in [1.82, 2.24) is 5.32 Å². The topological polar surface area (TPSA) is 56.8 Å². The highest BCUT2D eigenvalue weighted by atomic mass is 16.7. The van der Waals surface area contributed by atoms with Crippen LogP contribution in [0.1, 0.15) is 18.1 Å². The van der Waals surface area contributed by atoms with Crippen molar-refractivity contribution in [2.24, 2.45) is 0 Å². The highest BCUT2D eigenvalue weighted by molar-refractivity contribution is 5.76. The van der Waals surface area contributed by atoms with Gasteiger partial charge in [0, 0.05) is 6.54 Å². The van der Waals surface area contributed by atoms with Crippen molar-refractivity contribution in [1.29, 1.82) is 0 Å². The zero-order valence-electron chi connectivity index (χ0n) is 10.2. The summed E-state index contributed by atoms with van der Waals surface area (Å²) in [6.07, 6.45) is 0.630. The van der Waals surface area contributed by atoms with Gasteiger partial charge in [-0.25, -0.2) is 0 Å². The first-order valence-electron chi connectivity index (χ1n) is 6.09. The molecule has 5 heteroatoms. The average Bonchev–Trinajstić information content (AvgIpc) is 2.82. The van der Waals surface area contributed by atoms with Crippen molar-refractivity contribution < 1.29 is 19.0 Å². The van der Waals surface area contributed by atoms with Gasteiger partial charge >= 0.3 is 5.97 Å². The van der Waals surface area contributed by atoms with Crippen LogP contribution in [-0.4, -0.2) is 25.4 Å². The molecule has 96 valence electrons. The lowest BCUT2D eigenvalue weighted by atomic mass is 9.95. The van der Waals surface area contributed by atoms with Crippen LogP contribution >= 0.6 is 0 Å². The third kappa shape index (κ3) is 1.90. The molecule has 0 aromatic heterocycles. The summed E-state index contributed by atoms with van der Waals surface area (Å²) < 4.78 is 15.7. The van der Waals surface area contributed by atoms with Crippen LogP contribution in [0.5, 0.6) is 11.5 Å². The molecule has 0 aliphatic carbocycles. The van der Waals surface area contributed by atoms with Crippen LogP contribution in [0.15, 0.2) is 12.1 Å². The summed E-state index contributed by atoms with van der Waals surface area (Å²) >= 11 is 0. The summed E-state index contributed by atoms with van der Waals surface area (Å²) in [5, 5.41) is 3.18. The molecule has 0 radical (unpaired) electrons. The van der Waals surface area contributed by atoms with Crippen molar-refractivity contribution in [2.45, 2.75) is 25.9 Å². The van der Waals surface area contributed by atoms with E-state index < -0.39 is 0 Å². The Bertz CT molecular complexity index is 486. The van der Waals surface area contributed by atoms with E-state index in [4.69, 9.17) is 14.2 Å². The number of rotatable bonds is 2. The van der Waals surface area contributed by atoms with Gasteiger partial charge in [-0.3, -0.25) is 4.79 Å². The van der Waals surface area contributed by atoms with Gasteiger partial charge in [0.2, 0.25) is 6.79 Å². The summed E-state index contributed by atoms with van der Waals surface area (Å²) in [6.45, 7) is 3.14. The van der Waals surface area contributed by atoms with Crippen molar-refractivity contribution in [3.63, 3.8) is 0 Å². The average molecular weight is 249 g/mol. The monoisotopic (exact) mass is 249 g/mol. The van der Waals surface area contributed by atoms with Crippen molar-refractivity contribution in [3.05, 3.63) is 23.3 Å². The Hall–Kier alpha value is -1.75. The summed E-state index contributed by atoms with van der Waals surface area (Å²) in [4.78, 5) is 11.7. The van der Waals surface area contributed by atoms with Crippen LogP contribution in [0.4, 0.5) is 0 Å². The SMILES string of the molecule is CCOC(=O)C1Cc2cc3c(cc2CN1)OCO3. The zero-order valence-corrected chi connectivity index (χ0v) is 10.2. The Morgan fingerprint density at radius 3 is 2.83 bits per heavy atom. The van der Waals surface area contributed by atoms with E-state index in [-0.39, 0.29) is 18.8 Å². The Kier molecular flexibility index (Phi) is 2.83. The van der Waals surface area contributed by atoms with Crippen LogP contribution in [0.25, 0.3) is 0 Å². The van der Waals surface area contributed by atoms with E-state index in [0.29, 0.717) is 19.6 Å². The molecule has 0 bridgehead atoms. The van der Waals surface area contributed by atoms with Gasteiger partial charge in [0.15, 0.2) is 11.5 Å². The lowest BCUT2D eigenvalue weighted by Crippen LogP contribution is -2.42. The number of benzene rings is 1. The van der Waals surface area contributed by atoms with Gasteiger partial charge < -0.3 is 19.5 Å². The summed E-state index contributed by atoms with van der Waals surface area (Å²) in [7, 11) is 0. The second-order valence-electron chi connectivity index (χ2n) is 4.36. The van der Waals surface area contributed by atoms with Crippen molar-refractivity contribution in [2.75, 3.05) is 13.4 Å². The molecule has 18 heavy (non-hydrogen) atoms. The number of hydrogen-bond acceptors (Lipinski definition) is 5. The van der Waals surface area contributed by atoms with Gasteiger partial charge in [-0.15, -0.1) is 0 Å². The number of hydrogen-bond donors (Lipinski definition) is 1. The van der Waals surface area contributed by atoms with Crippen molar-refractivity contribution in [3.8, 4) is 11.5 Å². The van der Waals surface area contributed by atoms with Crippen LogP contribution in [0, 0.1) is 0 Å². The molecule has 0 saturated heterocycles. The number of carbonyl (C=O) groups excluding carboxylic acids is 1. The summed E-state index contributed by atoms with van der Waals surface area (Å²) in [5.41, 5.74) is 2.27. The molecule has 2 heterocycles. The number of fused-ring (bicyclic) bond motifs is 2. The summed E-state index contributed by atoms with van der Waals surface area (Å²) in [5.74, 6) is 1.35. The Morgan fingerprint density at radius 2 is 2.11 bits per heavy atom. The summed E-state index contributed by atoms with van der Waals surface area (Å²) in [6, 6.07) is 3.68. The Balaban J connectivity index is 1.82. The molecule has 0 saturated carbocycles. The zero-order chi connectivity index (χ0) is 12.5. The fraction of sp³-hybridized carbons (Fsp3) is 0.462. The van der Waals surface area contributed by atoms with Crippen LogP contribution in [-0.2, 0) is 22.5 Å². The molecule has 1 unspecified atom stereocenters. The highest BCUT2D eigenvalue weighted by Gasteiger charge is 2.27. The van der Waals surface area contributed by atoms with Gasteiger partial charge in [-0.1, -0.05) is 0 Å². The molecule has 1 N–H and O–H groups in total. The number of carbonyl (C=O) groups is 1. The third-order valence-electron chi connectivity index (χ3n) is 3.23. The lowest BCUT2D eigenvalue weighted by molar-refractivity contribution is -0.145. The molecular formula is C13H15NO4. The maximum absolute atomic E-state index is 11.7. The molecule has 0 fully saturated rings. The fourth-order valence-corrected chi connectivity index (χ4v) is 2.32. The van der Waals surface area contributed by atoms with Gasteiger partial charge in [0.05, 0.1) is 6.61 Å². The highest BCUT2D eigenvalue weighted by Crippen LogP contribution is 2.36. The Morgan fingerprint density at radius 1 is 1.39 bits per heavy atom. The molecule has 2 aliphatic rings. The molecular weight excluding hydrogens is 234 g/mol. The maximum atomic E-state index is 11.7. The standard InChI is InChI=1S/C13H15NO4/c1-2-16-13(15)10-3-8-4-11-12(18-7-17-11)5-9(8)6-14-10/h4-5,10,14H,2-3,6-7H2,1H3. The molecule has 0 amide bonds.